The first kappa shape index (κ1) is 13.7. The number of ether oxygens (including phenoxy) is 1. The summed E-state index contributed by atoms with van der Waals surface area (Å²) >= 11 is 0. The zero-order valence-corrected chi connectivity index (χ0v) is 10.6. The summed E-state index contributed by atoms with van der Waals surface area (Å²) in [5.41, 5.74) is -0.0741. The van der Waals surface area contributed by atoms with Crippen LogP contribution in [0.3, 0.4) is 0 Å². The molecule has 0 saturated carbocycles. The molecule has 1 N–H and O–H groups in total. The fourth-order valence-electron chi connectivity index (χ4n) is 1.90. The van der Waals surface area contributed by atoms with Gasteiger partial charge in [0.15, 0.2) is 5.60 Å². The van der Waals surface area contributed by atoms with Crippen molar-refractivity contribution >= 4 is 5.97 Å². The van der Waals surface area contributed by atoms with Crippen LogP contribution in [0, 0.1) is 0 Å². The van der Waals surface area contributed by atoms with Gasteiger partial charge in [0.25, 0.3) is 0 Å². The van der Waals surface area contributed by atoms with E-state index < -0.39 is 11.6 Å². The van der Waals surface area contributed by atoms with E-state index in [0.717, 1.165) is 5.56 Å². The molecule has 3 nitrogen and oxygen atoms in total. The molecule has 94 valence electrons. The van der Waals surface area contributed by atoms with Crippen LogP contribution in [0.15, 0.2) is 30.3 Å². The summed E-state index contributed by atoms with van der Waals surface area (Å²) in [6, 6.07) is 9.68. The summed E-state index contributed by atoms with van der Waals surface area (Å²) in [4.78, 5) is 11.3. The summed E-state index contributed by atoms with van der Waals surface area (Å²) in [5, 5.41) is 9.29. The van der Waals surface area contributed by atoms with Crippen molar-refractivity contribution in [2.45, 2.75) is 45.3 Å². The van der Waals surface area contributed by atoms with Gasteiger partial charge in [0.05, 0.1) is 6.10 Å². The predicted molar refractivity (Wildman–Crippen MR) is 66.9 cm³/mol. The Balaban J connectivity index is 2.85. The highest BCUT2D eigenvalue weighted by atomic mass is 16.5. The first-order valence-corrected chi connectivity index (χ1v) is 6.02. The molecule has 0 heterocycles. The van der Waals surface area contributed by atoms with Crippen LogP contribution in [0.2, 0.25) is 0 Å². The summed E-state index contributed by atoms with van der Waals surface area (Å²) < 4.78 is 5.78. The van der Waals surface area contributed by atoms with Crippen LogP contribution in [0.5, 0.6) is 0 Å². The maximum absolute atomic E-state index is 11.3. The van der Waals surface area contributed by atoms with Gasteiger partial charge >= 0.3 is 5.97 Å². The van der Waals surface area contributed by atoms with E-state index in [1.54, 1.807) is 0 Å². The van der Waals surface area contributed by atoms with Crippen LogP contribution >= 0.6 is 0 Å². The molecule has 0 aromatic heterocycles. The van der Waals surface area contributed by atoms with Crippen molar-refractivity contribution in [1.29, 1.82) is 0 Å². The molecule has 0 spiro atoms. The van der Waals surface area contributed by atoms with E-state index in [2.05, 4.69) is 0 Å². The van der Waals surface area contributed by atoms with Gasteiger partial charge < -0.3 is 9.84 Å². The minimum atomic E-state index is -1.07. The third kappa shape index (κ3) is 3.07. The second-order valence-electron chi connectivity index (χ2n) is 4.18. The van der Waals surface area contributed by atoms with E-state index in [-0.39, 0.29) is 6.10 Å². The van der Waals surface area contributed by atoms with Crippen molar-refractivity contribution in [2.75, 3.05) is 0 Å². The van der Waals surface area contributed by atoms with Crippen molar-refractivity contribution in [3.63, 3.8) is 0 Å². The molecule has 0 aliphatic heterocycles. The summed E-state index contributed by atoms with van der Waals surface area (Å²) in [7, 11) is 0. The molecule has 0 aliphatic carbocycles. The van der Waals surface area contributed by atoms with E-state index in [9.17, 15) is 9.90 Å². The highest BCUT2D eigenvalue weighted by molar-refractivity contribution is 5.77. The zero-order chi connectivity index (χ0) is 12.9. The Hall–Kier alpha value is -1.35. The van der Waals surface area contributed by atoms with Crippen LogP contribution in [0.1, 0.15) is 45.3 Å². The number of carboxylic acids is 1. The molecule has 0 aliphatic rings. The number of hydrogen-bond acceptors (Lipinski definition) is 2. The monoisotopic (exact) mass is 236 g/mol. The second-order valence-corrected chi connectivity index (χ2v) is 4.18. The van der Waals surface area contributed by atoms with Crippen LogP contribution in [-0.2, 0) is 9.53 Å². The number of carboxylic acid groups (broad SMARTS) is 1. The molecular formula is C14H20O3. The number of carbonyl (C=O) groups is 1. The SMILES string of the molecule is CCC(CC)(OC(C)c1ccccc1)C(=O)O. The fourth-order valence-corrected chi connectivity index (χ4v) is 1.90. The summed E-state index contributed by atoms with van der Waals surface area (Å²) in [6.07, 6.45) is 0.721. The van der Waals surface area contributed by atoms with Crippen molar-refractivity contribution < 1.29 is 14.6 Å². The normalized spacial score (nSPS) is 13.4. The van der Waals surface area contributed by atoms with Gasteiger partial charge in [-0.1, -0.05) is 44.2 Å². The van der Waals surface area contributed by atoms with E-state index in [1.807, 2.05) is 51.1 Å². The highest BCUT2D eigenvalue weighted by Crippen LogP contribution is 2.29. The number of aliphatic carboxylic acids is 1. The molecule has 0 amide bonds. The van der Waals surface area contributed by atoms with Gasteiger partial charge in [0, 0.05) is 0 Å². The molecule has 1 aromatic rings. The van der Waals surface area contributed by atoms with Crippen LogP contribution in [-0.4, -0.2) is 16.7 Å². The van der Waals surface area contributed by atoms with E-state index in [0.29, 0.717) is 12.8 Å². The Labute approximate surface area is 102 Å². The van der Waals surface area contributed by atoms with Crippen LogP contribution in [0.25, 0.3) is 0 Å². The number of rotatable bonds is 6. The largest absolute Gasteiger partial charge is 0.479 e. The minimum absolute atomic E-state index is 0.216. The molecule has 1 aromatic carbocycles. The Bertz CT molecular complexity index is 355. The van der Waals surface area contributed by atoms with Gasteiger partial charge in [0.2, 0.25) is 0 Å². The van der Waals surface area contributed by atoms with Gasteiger partial charge in [0.1, 0.15) is 0 Å². The first-order chi connectivity index (χ1) is 8.05. The summed E-state index contributed by atoms with van der Waals surface area (Å²) in [5.74, 6) is -0.884. The standard InChI is InChI=1S/C14H20O3/c1-4-14(5-2,13(15)16)17-11(3)12-9-7-6-8-10-12/h6-11H,4-5H2,1-3H3,(H,15,16). The van der Waals surface area contributed by atoms with Crippen molar-refractivity contribution in [3.8, 4) is 0 Å². The molecule has 17 heavy (non-hydrogen) atoms. The maximum atomic E-state index is 11.3. The molecular weight excluding hydrogens is 216 g/mol. The molecule has 0 bridgehead atoms. The van der Waals surface area contributed by atoms with E-state index in [1.165, 1.54) is 0 Å². The quantitative estimate of drug-likeness (QED) is 0.823. The van der Waals surface area contributed by atoms with Crippen molar-refractivity contribution in [2.24, 2.45) is 0 Å². The lowest BCUT2D eigenvalue weighted by Crippen LogP contribution is -2.41. The third-order valence-corrected chi connectivity index (χ3v) is 3.20. The Morgan fingerprint density at radius 2 is 1.82 bits per heavy atom. The molecule has 0 radical (unpaired) electrons. The van der Waals surface area contributed by atoms with Gasteiger partial charge in [-0.2, -0.15) is 0 Å². The lowest BCUT2D eigenvalue weighted by molar-refractivity contribution is -0.175. The summed E-state index contributed by atoms with van der Waals surface area (Å²) in [6.45, 7) is 5.57. The van der Waals surface area contributed by atoms with Crippen molar-refractivity contribution in [3.05, 3.63) is 35.9 Å². The minimum Gasteiger partial charge on any atom is -0.479 e. The molecule has 1 atom stereocenters. The molecule has 0 fully saturated rings. The predicted octanol–water partition coefficient (Wildman–Crippen LogP) is 3.41. The van der Waals surface area contributed by atoms with Gasteiger partial charge in [-0.3, -0.25) is 0 Å². The Morgan fingerprint density at radius 1 is 1.29 bits per heavy atom. The van der Waals surface area contributed by atoms with E-state index in [4.69, 9.17) is 4.74 Å². The number of hydrogen-bond donors (Lipinski definition) is 1. The molecule has 0 saturated heterocycles. The Kier molecular flexibility index (Phi) is 4.70. The van der Waals surface area contributed by atoms with Gasteiger partial charge in [-0.05, 0) is 25.3 Å². The lowest BCUT2D eigenvalue weighted by Gasteiger charge is -2.30. The van der Waals surface area contributed by atoms with E-state index >= 15 is 0 Å². The maximum Gasteiger partial charge on any atom is 0.335 e. The van der Waals surface area contributed by atoms with Gasteiger partial charge in [-0.25, -0.2) is 4.79 Å². The highest BCUT2D eigenvalue weighted by Gasteiger charge is 2.37. The first-order valence-electron chi connectivity index (χ1n) is 6.02. The zero-order valence-electron chi connectivity index (χ0n) is 10.6. The topological polar surface area (TPSA) is 46.5 Å². The molecule has 1 unspecified atom stereocenters. The molecule has 1 rings (SSSR count). The Morgan fingerprint density at radius 3 is 2.24 bits per heavy atom. The molecule has 3 heteroatoms. The van der Waals surface area contributed by atoms with Crippen LogP contribution < -0.4 is 0 Å². The number of benzene rings is 1. The van der Waals surface area contributed by atoms with Crippen molar-refractivity contribution in [1.82, 2.24) is 0 Å². The lowest BCUT2D eigenvalue weighted by atomic mass is 9.96. The fraction of sp³-hybridized carbons (Fsp3) is 0.500. The average Bonchev–Trinajstić information content (AvgIpc) is 2.36. The average molecular weight is 236 g/mol. The van der Waals surface area contributed by atoms with Crippen LogP contribution in [0.4, 0.5) is 0 Å². The third-order valence-electron chi connectivity index (χ3n) is 3.20. The smallest absolute Gasteiger partial charge is 0.335 e. The van der Waals surface area contributed by atoms with Gasteiger partial charge in [-0.15, -0.1) is 0 Å². The second kappa shape index (κ2) is 5.82.